The maximum absolute atomic E-state index is 15.2. The maximum atomic E-state index is 15.2. The van der Waals surface area contributed by atoms with Crippen molar-refractivity contribution in [1.29, 1.82) is 0 Å². The number of carboxylic acids is 1. The molecule has 0 aliphatic heterocycles. The number of anilines is 1. The zero-order valence-corrected chi connectivity index (χ0v) is 12.7. The molecule has 1 aliphatic rings. The molecule has 1 saturated carbocycles. The van der Waals surface area contributed by atoms with E-state index in [-0.39, 0.29) is 11.6 Å². The van der Waals surface area contributed by atoms with E-state index in [1.54, 1.807) is 0 Å². The van der Waals surface area contributed by atoms with E-state index in [9.17, 15) is 19.1 Å². The molecule has 0 bridgehead atoms. The first-order valence-corrected chi connectivity index (χ1v) is 7.48. The van der Waals surface area contributed by atoms with Gasteiger partial charge in [0.2, 0.25) is 5.43 Å². The van der Waals surface area contributed by atoms with Crippen molar-refractivity contribution in [3.8, 4) is 5.69 Å². The largest absolute Gasteiger partial charge is 0.477 e. The number of halogens is 2. The van der Waals surface area contributed by atoms with Crippen molar-refractivity contribution >= 4 is 22.6 Å². The van der Waals surface area contributed by atoms with Crippen molar-refractivity contribution in [2.45, 2.75) is 18.9 Å². The Morgan fingerprint density at radius 3 is 2.60 bits per heavy atom. The summed E-state index contributed by atoms with van der Waals surface area (Å²) >= 11 is 0. The van der Waals surface area contributed by atoms with E-state index in [0.29, 0.717) is 12.8 Å². The third-order valence-corrected chi connectivity index (χ3v) is 4.30. The van der Waals surface area contributed by atoms with E-state index < -0.39 is 45.4 Å². The second-order valence-corrected chi connectivity index (χ2v) is 5.90. The van der Waals surface area contributed by atoms with Crippen molar-refractivity contribution in [2.24, 2.45) is 0 Å². The monoisotopic (exact) mass is 346 g/mol. The molecule has 0 atom stereocenters. The Labute approximate surface area is 138 Å². The van der Waals surface area contributed by atoms with Crippen LogP contribution in [0.2, 0.25) is 0 Å². The predicted molar refractivity (Wildman–Crippen MR) is 84.9 cm³/mol. The van der Waals surface area contributed by atoms with Gasteiger partial charge in [-0.15, -0.1) is 0 Å². The predicted octanol–water partition coefficient (Wildman–Crippen LogP) is 2.08. The van der Waals surface area contributed by atoms with Gasteiger partial charge in [0.05, 0.1) is 22.9 Å². The fourth-order valence-corrected chi connectivity index (χ4v) is 2.96. The normalized spacial score (nSPS) is 14.2. The molecule has 2 aromatic heterocycles. The Balaban J connectivity index is 2.22. The molecule has 1 aliphatic carbocycles. The number of aromatic carboxylic acids is 1. The number of fused-ring (bicyclic) bond motifs is 1. The summed E-state index contributed by atoms with van der Waals surface area (Å²) in [5.41, 5.74) is 2.96. The number of hydrogen-bond donors (Lipinski definition) is 2. The zero-order valence-electron chi connectivity index (χ0n) is 12.7. The summed E-state index contributed by atoms with van der Waals surface area (Å²) < 4.78 is 32.4. The number of benzene rings is 1. The fraction of sp³-hybridized carbons (Fsp3) is 0.188. The van der Waals surface area contributed by atoms with E-state index >= 15 is 4.39 Å². The summed E-state index contributed by atoms with van der Waals surface area (Å²) in [5, 5.41) is 8.78. The van der Waals surface area contributed by atoms with Crippen LogP contribution in [-0.2, 0) is 0 Å². The quantitative estimate of drug-likeness (QED) is 0.707. The minimum atomic E-state index is -1.47. The minimum absolute atomic E-state index is 0.156. The molecule has 7 nitrogen and oxygen atoms in total. The van der Waals surface area contributed by atoms with E-state index in [0.717, 1.165) is 10.8 Å². The number of rotatable bonds is 3. The number of nitrogens with two attached hydrogens (primary N) is 1. The van der Waals surface area contributed by atoms with Crippen LogP contribution in [0.3, 0.4) is 0 Å². The van der Waals surface area contributed by atoms with Crippen LogP contribution in [0.4, 0.5) is 14.5 Å². The second-order valence-electron chi connectivity index (χ2n) is 5.90. The van der Waals surface area contributed by atoms with E-state index in [1.807, 2.05) is 0 Å². The van der Waals surface area contributed by atoms with E-state index in [2.05, 4.69) is 4.98 Å². The van der Waals surface area contributed by atoms with Gasteiger partial charge < -0.3 is 20.0 Å². The van der Waals surface area contributed by atoms with Gasteiger partial charge in [0.1, 0.15) is 11.3 Å². The van der Waals surface area contributed by atoms with Gasteiger partial charge in [0.25, 0.3) is 0 Å². The number of nitrogen functional groups attached to an aromatic ring is 1. The molecule has 0 radical (unpaired) electrons. The number of aromatic nitrogens is 3. The molecule has 25 heavy (non-hydrogen) atoms. The number of nitrogens with zero attached hydrogens (tertiary/aromatic N) is 3. The van der Waals surface area contributed by atoms with Gasteiger partial charge in [-0.3, -0.25) is 4.79 Å². The van der Waals surface area contributed by atoms with Crippen LogP contribution in [0, 0.1) is 11.6 Å². The first-order valence-electron chi connectivity index (χ1n) is 7.48. The molecule has 1 aromatic carbocycles. The number of carboxylic acid groups (broad SMARTS) is 1. The van der Waals surface area contributed by atoms with Gasteiger partial charge in [-0.1, -0.05) is 0 Å². The summed E-state index contributed by atoms with van der Waals surface area (Å²) in [4.78, 5) is 27.6. The van der Waals surface area contributed by atoms with Gasteiger partial charge in [0.15, 0.2) is 11.6 Å². The van der Waals surface area contributed by atoms with Gasteiger partial charge in [-0.25, -0.2) is 18.6 Å². The van der Waals surface area contributed by atoms with Crippen LogP contribution in [0.5, 0.6) is 0 Å². The molecule has 0 spiro atoms. The van der Waals surface area contributed by atoms with Gasteiger partial charge in [-0.2, -0.15) is 0 Å². The lowest BCUT2D eigenvalue weighted by atomic mass is 10.1. The highest BCUT2D eigenvalue weighted by Gasteiger charge is 2.31. The average Bonchev–Trinajstić information content (AvgIpc) is 3.28. The highest BCUT2D eigenvalue weighted by atomic mass is 19.1. The molecule has 0 amide bonds. The van der Waals surface area contributed by atoms with E-state index in [1.165, 1.54) is 23.3 Å². The van der Waals surface area contributed by atoms with Crippen LogP contribution in [0.15, 0.2) is 29.7 Å². The molecular formula is C16H12F2N4O3. The smallest absolute Gasteiger partial charge is 0.341 e. The minimum Gasteiger partial charge on any atom is -0.477 e. The van der Waals surface area contributed by atoms with Crippen LogP contribution in [-0.4, -0.2) is 25.2 Å². The number of carbonyl (C=O) groups is 1. The molecule has 3 N–H and O–H groups in total. The summed E-state index contributed by atoms with van der Waals surface area (Å²) in [6.45, 7) is 0. The molecule has 2 heterocycles. The summed E-state index contributed by atoms with van der Waals surface area (Å²) in [5.74, 6) is -3.59. The van der Waals surface area contributed by atoms with Crippen LogP contribution in [0.1, 0.15) is 29.2 Å². The maximum Gasteiger partial charge on any atom is 0.341 e. The molecule has 1 fully saturated rings. The van der Waals surface area contributed by atoms with Crippen LogP contribution in [0.25, 0.3) is 16.6 Å². The Morgan fingerprint density at radius 2 is 2.04 bits per heavy atom. The van der Waals surface area contributed by atoms with Crippen molar-refractivity contribution in [2.75, 3.05) is 5.73 Å². The lowest BCUT2D eigenvalue weighted by molar-refractivity contribution is 0.0695. The molecule has 0 saturated heterocycles. The van der Waals surface area contributed by atoms with Crippen molar-refractivity contribution in [3.05, 3.63) is 52.3 Å². The third kappa shape index (κ3) is 2.12. The van der Waals surface area contributed by atoms with Gasteiger partial charge >= 0.3 is 5.97 Å². The van der Waals surface area contributed by atoms with Crippen LogP contribution >= 0.6 is 0 Å². The summed E-state index contributed by atoms with van der Waals surface area (Å²) in [6, 6.07) is -0.156. The Kier molecular flexibility index (Phi) is 3.14. The lowest BCUT2D eigenvalue weighted by Crippen LogP contribution is -2.22. The van der Waals surface area contributed by atoms with Gasteiger partial charge in [-0.05, 0) is 12.8 Å². The van der Waals surface area contributed by atoms with Gasteiger partial charge in [0, 0.05) is 24.6 Å². The highest BCUT2D eigenvalue weighted by Crippen LogP contribution is 2.40. The topological polar surface area (TPSA) is 103 Å². The zero-order chi connectivity index (χ0) is 17.9. The Bertz CT molecular complexity index is 1090. The summed E-state index contributed by atoms with van der Waals surface area (Å²) in [7, 11) is 0. The molecule has 128 valence electrons. The molecule has 3 aromatic rings. The first kappa shape index (κ1) is 15.3. The summed E-state index contributed by atoms with van der Waals surface area (Å²) in [6.07, 6.45) is 6.40. The fourth-order valence-electron chi connectivity index (χ4n) is 2.96. The van der Waals surface area contributed by atoms with Crippen molar-refractivity contribution in [3.63, 3.8) is 0 Å². The average molecular weight is 346 g/mol. The molecule has 4 rings (SSSR count). The number of hydrogen-bond acceptors (Lipinski definition) is 4. The number of imidazole rings is 1. The SMILES string of the molecule is Nc1c(F)c(-n2ccnc2)c(F)c2c1c(=O)c(C(=O)O)cn2C1CC1. The number of pyridine rings is 1. The Morgan fingerprint density at radius 1 is 1.32 bits per heavy atom. The Hall–Kier alpha value is -3.23. The molecule has 9 heteroatoms. The van der Waals surface area contributed by atoms with E-state index in [4.69, 9.17) is 5.73 Å². The lowest BCUT2D eigenvalue weighted by Gasteiger charge is -2.17. The standard InChI is InChI=1S/C16H12F2N4O3/c17-10-12(19)9-13(11(18)14(10)21-4-3-20-6-21)22(7-1-2-7)5-8(15(9)23)16(24)25/h3-7H,1-2,19H2,(H,24,25). The third-order valence-electron chi connectivity index (χ3n) is 4.30. The van der Waals surface area contributed by atoms with Crippen LogP contribution < -0.4 is 11.2 Å². The molecule has 0 unspecified atom stereocenters. The molecular weight excluding hydrogens is 334 g/mol. The van der Waals surface area contributed by atoms with Crippen molar-refractivity contribution in [1.82, 2.24) is 14.1 Å². The second kappa shape index (κ2) is 5.13. The van der Waals surface area contributed by atoms with Crippen molar-refractivity contribution < 1.29 is 18.7 Å². The highest BCUT2D eigenvalue weighted by molar-refractivity contribution is 5.99. The first-order chi connectivity index (χ1) is 11.9.